The molecule has 1 saturated heterocycles. The minimum absolute atomic E-state index is 0.0188. The van der Waals surface area contributed by atoms with Crippen LogP contribution < -0.4 is 16.6 Å². The van der Waals surface area contributed by atoms with Gasteiger partial charge in [0.05, 0.1) is 36.2 Å². The number of amides is 3. The summed E-state index contributed by atoms with van der Waals surface area (Å²) in [7, 11) is 0. The molecule has 4 rings (SSSR count). The van der Waals surface area contributed by atoms with Gasteiger partial charge in [0, 0.05) is 6.54 Å². The van der Waals surface area contributed by atoms with E-state index < -0.39 is 23.2 Å². The Kier molecular flexibility index (Phi) is 5.84. The van der Waals surface area contributed by atoms with E-state index in [0.29, 0.717) is 16.5 Å². The maximum atomic E-state index is 12.6. The van der Waals surface area contributed by atoms with Crippen LogP contribution in [-0.2, 0) is 22.6 Å². The van der Waals surface area contributed by atoms with Crippen molar-refractivity contribution >= 4 is 28.8 Å². The molecule has 2 heterocycles. The first-order valence-electron chi connectivity index (χ1n) is 10.0. The van der Waals surface area contributed by atoms with Crippen LogP contribution in [0.5, 0.6) is 0 Å². The molecule has 1 fully saturated rings. The van der Waals surface area contributed by atoms with Crippen LogP contribution in [0.1, 0.15) is 22.3 Å². The Balaban J connectivity index is 1.40. The molecule has 1 aliphatic rings. The molecule has 164 valence electrons. The average Bonchev–Trinajstić information content (AvgIpc) is 3.10. The summed E-state index contributed by atoms with van der Waals surface area (Å²) >= 11 is 0. The van der Waals surface area contributed by atoms with Crippen molar-refractivity contribution in [3.63, 3.8) is 0 Å². The van der Waals surface area contributed by atoms with Crippen LogP contribution in [0.3, 0.4) is 0 Å². The maximum absolute atomic E-state index is 12.6. The lowest BCUT2D eigenvalue weighted by atomic mass is 10.1. The Morgan fingerprint density at radius 3 is 2.53 bits per heavy atom. The molecule has 3 amide bonds. The van der Waals surface area contributed by atoms with Crippen LogP contribution >= 0.6 is 0 Å². The van der Waals surface area contributed by atoms with E-state index in [1.165, 1.54) is 0 Å². The van der Waals surface area contributed by atoms with Crippen LogP contribution in [0, 0.1) is 0 Å². The topological polar surface area (TPSA) is 131 Å². The van der Waals surface area contributed by atoms with Gasteiger partial charge in [0.15, 0.2) is 0 Å². The summed E-state index contributed by atoms with van der Waals surface area (Å²) in [5, 5.41) is 2.83. The lowest BCUT2D eigenvalue weighted by Crippen LogP contribution is -2.35. The summed E-state index contributed by atoms with van der Waals surface area (Å²) in [4.78, 5) is 64.6. The van der Waals surface area contributed by atoms with Crippen molar-refractivity contribution in [1.29, 1.82) is 0 Å². The lowest BCUT2D eigenvalue weighted by molar-refractivity contribution is -0.125. The number of carbonyl (C=O) groups is 3. The number of carbonyl (C=O) groups excluding carboxylic acids is 3. The normalized spacial score (nSPS) is 13.4. The number of ether oxygens (including phenoxy) is 1. The summed E-state index contributed by atoms with van der Waals surface area (Å²) in [5.74, 6) is -0.989. The van der Waals surface area contributed by atoms with Gasteiger partial charge in [-0.05, 0) is 30.2 Å². The average molecular weight is 436 g/mol. The molecule has 1 aliphatic heterocycles. The molecular formula is C22H20N4O6. The predicted molar refractivity (Wildman–Crippen MR) is 114 cm³/mol. The molecule has 0 aliphatic carbocycles. The zero-order chi connectivity index (χ0) is 22.7. The Hall–Kier alpha value is -4.21. The summed E-state index contributed by atoms with van der Waals surface area (Å²) < 4.78 is 6.38. The van der Waals surface area contributed by atoms with Gasteiger partial charge in [-0.1, -0.05) is 30.3 Å². The molecule has 32 heavy (non-hydrogen) atoms. The van der Waals surface area contributed by atoms with E-state index in [2.05, 4.69) is 10.3 Å². The smallest absolute Gasteiger partial charge is 0.338 e. The third kappa shape index (κ3) is 4.15. The van der Waals surface area contributed by atoms with Gasteiger partial charge in [0.1, 0.15) is 0 Å². The van der Waals surface area contributed by atoms with Crippen LogP contribution in [-0.4, -0.2) is 45.5 Å². The van der Waals surface area contributed by atoms with Gasteiger partial charge in [-0.2, -0.15) is 0 Å². The fourth-order valence-corrected chi connectivity index (χ4v) is 3.51. The van der Waals surface area contributed by atoms with Gasteiger partial charge in [0.25, 0.3) is 5.56 Å². The Labute approximate surface area is 181 Å². The first-order valence-corrected chi connectivity index (χ1v) is 10.0. The third-order valence-corrected chi connectivity index (χ3v) is 5.15. The van der Waals surface area contributed by atoms with E-state index in [9.17, 15) is 24.0 Å². The number of nitrogens with zero attached hydrogens (tertiary/aromatic N) is 2. The molecule has 3 aromatic rings. The minimum atomic E-state index is -0.618. The number of urea groups is 1. The van der Waals surface area contributed by atoms with Crippen LogP contribution in [0.15, 0.2) is 58.1 Å². The highest BCUT2D eigenvalue weighted by atomic mass is 16.5. The fraction of sp³-hybridized carbons (Fsp3) is 0.227. The van der Waals surface area contributed by atoms with Crippen molar-refractivity contribution in [1.82, 2.24) is 19.8 Å². The Morgan fingerprint density at radius 1 is 1.00 bits per heavy atom. The standard InChI is InChI=1S/C22H20N4O6/c27-18-12-23-21(30)26(18)13-14-6-1-2-7-15(14)20(29)32-11-5-10-25-19(28)16-8-3-4-9-17(16)24-22(25)31/h1-4,6-9H,5,10-13H2,(H,23,30)(H,24,31). The number of aromatic amines is 1. The second-order valence-electron chi connectivity index (χ2n) is 7.22. The van der Waals surface area contributed by atoms with E-state index in [1.54, 1.807) is 48.5 Å². The number of imide groups is 1. The zero-order valence-electron chi connectivity index (χ0n) is 17.0. The van der Waals surface area contributed by atoms with Crippen LogP contribution in [0.2, 0.25) is 0 Å². The lowest BCUT2D eigenvalue weighted by Gasteiger charge is -2.15. The molecule has 1 aromatic heterocycles. The molecule has 0 spiro atoms. The van der Waals surface area contributed by atoms with E-state index in [4.69, 9.17) is 4.74 Å². The number of rotatable bonds is 7. The van der Waals surface area contributed by atoms with Crippen molar-refractivity contribution in [3.05, 3.63) is 80.5 Å². The highest BCUT2D eigenvalue weighted by Gasteiger charge is 2.29. The van der Waals surface area contributed by atoms with Gasteiger partial charge in [-0.3, -0.25) is 19.1 Å². The number of nitrogens with one attached hydrogen (secondary N) is 2. The molecular weight excluding hydrogens is 416 g/mol. The monoisotopic (exact) mass is 436 g/mol. The zero-order valence-corrected chi connectivity index (χ0v) is 17.0. The minimum Gasteiger partial charge on any atom is -0.462 e. The molecule has 0 unspecified atom stereocenters. The molecule has 2 aromatic carbocycles. The van der Waals surface area contributed by atoms with Crippen molar-refractivity contribution in [3.8, 4) is 0 Å². The Bertz CT molecular complexity index is 1310. The van der Waals surface area contributed by atoms with Gasteiger partial charge in [-0.15, -0.1) is 0 Å². The van der Waals surface area contributed by atoms with Crippen molar-refractivity contribution < 1.29 is 19.1 Å². The second kappa shape index (κ2) is 8.88. The highest BCUT2D eigenvalue weighted by Crippen LogP contribution is 2.15. The predicted octanol–water partition coefficient (Wildman–Crippen LogP) is 0.989. The summed E-state index contributed by atoms with van der Waals surface area (Å²) in [6.45, 7) is -0.0537. The molecule has 0 saturated carbocycles. The van der Waals surface area contributed by atoms with E-state index in [-0.39, 0.29) is 44.1 Å². The number of hydrogen-bond donors (Lipinski definition) is 2. The second-order valence-corrected chi connectivity index (χ2v) is 7.22. The van der Waals surface area contributed by atoms with Gasteiger partial charge in [0.2, 0.25) is 5.91 Å². The van der Waals surface area contributed by atoms with Crippen molar-refractivity contribution in [2.45, 2.75) is 19.5 Å². The number of fused-ring (bicyclic) bond motifs is 1. The number of benzene rings is 2. The summed E-state index contributed by atoms with van der Waals surface area (Å²) in [5.41, 5.74) is 0.242. The molecule has 0 atom stereocenters. The highest BCUT2D eigenvalue weighted by molar-refractivity contribution is 6.02. The summed E-state index contributed by atoms with van der Waals surface area (Å²) in [6.07, 6.45) is 0.252. The quantitative estimate of drug-likeness (QED) is 0.323. The van der Waals surface area contributed by atoms with Crippen LogP contribution in [0.25, 0.3) is 10.9 Å². The first-order chi connectivity index (χ1) is 15.5. The van der Waals surface area contributed by atoms with Crippen molar-refractivity contribution in [2.75, 3.05) is 13.2 Å². The Morgan fingerprint density at radius 2 is 1.75 bits per heavy atom. The molecule has 2 N–H and O–H groups in total. The molecule has 10 nitrogen and oxygen atoms in total. The van der Waals surface area contributed by atoms with E-state index in [1.807, 2.05) is 0 Å². The maximum Gasteiger partial charge on any atom is 0.338 e. The van der Waals surface area contributed by atoms with E-state index in [0.717, 1.165) is 9.47 Å². The SMILES string of the molecule is O=C(OCCCn1c(=O)[nH]c2ccccc2c1=O)c1ccccc1CN1C(=O)CNC1=O. The fourth-order valence-electron chi connectivity index (χ4n) is 3.51. The molecule has 10 heteroatoms. The third-order valence-electron chi connectivity index (χ3n) is 5.15. The largest absolute Gasteiger partial charge is 0.462 e. The molecule has 0 radical (unpaired) electrons. The van der Waals surface area contributed by atoms with Gasteiger partial charge in [-0.25, -0.2) is 14.4 Å². The van der Waals surface area contributed by atoms with Gasteiger partial charge < -0.3 is 15.0 Å². The number of aromatic nitrogens is 2. The number of H-pyrrole nitrogens is 1. The van der Waals surface area contributed by atoms with E-state index >= 15 is 0 Å². The van der Waals surface area contributed by atoms with Gasteiger partial charge >= 0.3 is 17.7 Å². The number of para-hydroxylation sites is 1. The van der Waals surface area contributed by atoms with Crippen molar-refractivity contribution in [2.24, 2.45) is 0 Å². The summed E-state index contributed by atoms with van der Waals surface area (Å²) in [6, 6.07) is 12.8. The number of hydrogen-bond acceptors (Lipinski definition) is 6. The molecule has 0 bridgehead atoms. The first kappa shape index (κ1) is 21.0. The number of esters is 1. The van der Waals surface area contributed by atoms with Crippen LogP contribution in [0.4, 0.5) is 4.79 Å².